The van der Waals surface area contributed by atoms with Gasteiger partial charge in [0, 0.05) is 0 Å². The lowest BCUT2D eigenvalue weighted by molar-refractivity contribution is -0.101. The van der Waals surface area contributed by atoms with Gasteiger partial charge in [-0.1, -0.05) is 35.3 Å². The number of nitrogens with two attached hydrogens (primary N) is 1. The van der Waals surface area contributed by atoms with E-state index >= 15 is 0 Å². The van der Waals surface area contributed by atoms with Gasteiger partial charge < -0.3 is 9.47 Å². The summed E-state index contributed by atoms with van der Waals surface area (Å²) in [6.45, 7) is 1.75. The topological polar surface area (TPSA) is 56.5 Å². The Morgan fingerprint density at radius 3 is 2.89 bits per heavy atom. The minimum atomic E-state index is -0.0706. The molecule has 2 atom stereocenters. The fraction of sp³-hybridized carbons (Fsp3) is 0.500. The first kappa shape index (κ1) is 14.1. The Morgan fingerprint density at radius 2 is 2.22 bits per heavy atom. The van der Waals surface area contributed by atoms with E-state index in [1.807, 2.05) is 12.1 Å². The maximum Gasteiger partial charge on any atom is 0.0978 e. The normalized spacial score (nSPS) is 21.8. The van der Waals surface area contributed by atoms with Gasteiger partial charge in [0.2, 0.25) is 0 Å². The van der Waals surface area contributed by atoms with E-state index < -0.39 is 0 Å². The number of hydrazine groups is 1. The molecular formula is C12H16Cl2N2O2. The van der Waals surface area contributed by atoms with Crippen LogP contribution < -0.4 is 11.3 Å². The second-order valence-electron chi connectivity index (χ2n) is 4.17. The fourth-order valence-corrected chi connectivity index (χ4v) is 2.38. The van der Waals surface area contributed by atoms with Crippen LogP contribution in [0.15, 0.2) is 18.2 Å². The van der Waals surface area contributed by atoms with Crippen molar-refractivity contribution < 1.29 is 9.47 Å². The standard InChI is InChI=1S/C12H16Cl2N2O2/c13-9-3-1-2-8(12(9)14)6-10(16-15)11-7-17-4-5-18-11/h1-3,10-11,16H,4-7,15H2. The van der Waals surface area contributed by atoms with Gasteiger partial charge in [-0.15, -0.1) is 0 Å². The fourth-order valence-electron chi connectivity index (χ4n) is 1.98. The largest absolute Gasteiger partial charge is 0.376 e. The monoisotopic (exact) mass is 290 g/mol. The molecule has 0 aromatic heterocycles. The smallest absolute Gasteiger partial charge is 0.0978 e. The van der Waals surface area contributed by atoms with Crippen molar-refractivity contribution in [1.29, 1.82) is 0 Å². The van der Waals surface area contributed by atoms with E-state index in [0.29, 0.717) is 36.3 Å². The summed E-state index contributed by atoms with van der Waals surface area (Å²) in [6.07, 6.45) is 0.572. The molecule has 2 rings (SSSR count). The Labute approximate surface area is 116 Å². The molecule has 1 fully saturated rings. The number of ether oxygens (including phenoxy) is 2. The van der Waals surface area contributed by atoms with Crippen molar-refractivity contribution in [2.24, 2.45) is 5.84 Å². The predicted molar refractivity (Wildman–Crippen MR) is 71.8 cm³/mol. The molecule has 0 spiro atoms. The zero-order valence-corrected chi connectivity index (χ0v) is 11.4. The number of rotatable bonds is 4. The van der Waals surface area contributed by atoms with E-state index in [1.54, 1.807) is 6.07 Å². The molecule has 0 aliphatic carbocycles. The Kier molecular flexibility index (Phi) is 5.24. The molecule has 1 aromatic carbocycles. The minimum absolute atomic E-state index is 0.0544. The Balaban J connectivity index is 2.07. The molecular weight excluding hydrogens is 275 g/mol. The van der Waals surface area contributed by atoms with Crippen LogP contribution in [0.3, 0.4) is 0 Å². The number of hydrogen-bond acceptors (Lipinski definition) is 4. The van der Waals surface area contributed by atoms with Crippen molar-refractivity contribution >= 4 is 23.2 Å². The molecule has 0 radical (unpaired) electrons. The first-order valence-corrected chi connectivity index (χ1v) is 6.56. The third-order valence-corrected chi connectivity index (χ3v) is 3.83. The molecule has 2 unspecified atom stereocenters. The van der Waals surface area contributed by atoms with Gasteiger partial charge >= 0.3 is 0 Å². The maximum absolute atomic E-state index is 6.16. The van der Waals surface area contributed by atoms with Gasteiger partial charge in [-0.25, -0.2) is 0 Å². The average Bonchev–Trinajstić information content (AvgIpc) is 2.41. The zero-order chi connectivity index (χ0) is 13.0. The maximum atomic E-state index is 6.16. The molecule has 0 saturated carbocycles. The summed E-state index contributed by atoms with van der Waals surface area (Å²) in [5, 5.41) is 1.11. The lowest BCUT2D eigenvalue weighted by Crippen LogP contribution is -2.50. The van der Waals surface area contributed by atoms with Crippen LogP contribution in [-0.2, 0) is 15.9 Å². The second-order valence-corrected chi connectivity index (χ2v) is 4.96. The van der Waals surface area contributed by atoms with Gasteiger partial charge in [0.1, 0.15) is 0 Å². The summed E-state index contributed by atoms with van der Waals surface area (Å²) >= 11 is 12.1. The average molecular weight is 291 g/mol. The highest BCUT2D eigenvalue weighted by atomic mass is 35.5. The molecule has 18 heavy (non-hydrogen) atoms. The first-order valence-electron chi connectivity index (χ1n) is 5.80. The van der Waals surface area contributed by atoms with Crippen LogP contribution in [0.4, 0.5) is 0 Å². The molecule has 0 amide bonds. The molecule has 0 bridgehead atoms. The van der Waals surface area contributed by atoms with Crippen LogP contribution in [0, 0.1) is 0 Å². The first-order chi connectivity index (χ1) is 8.72. The van der Waals surface area contributed by atoms with Gasteiger partial charge in [-0.05, 0) is 18.1 Å². The summed E-state index contributed by atoms with van der Waals surface area (Å²) in [4.78, 5) is 0. The van der Waals surface area contributed by atoms with Crippen LogP contribution in [0.5, 0.6) is 0 Å². The van der Waals surface area contributed by atoms with E-state index in [9.17, 15) is 0 Å². The molecule has 1 aliphatic rings. The number of benzene rings is 1. The van der Waals surface area contributed by atoms with Crippen molar-refractivity contribution in [2.45, 2.75) is 18.6 Å². The van der Waals surface area contributed by atoms with Crippen molar-refractivity contribution in [2.75, 3.05) is 19.8 Å². The predicted octanol–water partition coefficient (Wildman–Crippen LogP) is 1.78. The molecule has 100 valence electrons. The summed E-state index contributed by atoms with van der Waals surface area (Å²) in [7, 11) is 0. The van der Waals surface area contributed by atoms with Crippen molar-refractivity contribution in [3.8, 4) is 0 Å². The van der Waals surface area contributed by atoms with E-state index in [4.69, 9.17) is 38.5 Å². The Bertz CT molecular complexity index is 398. The van der Waals surface area contributed by atoms with Gasteiger partial charge in [-0.3, -0.25) is 11.3 Å². The SMILES string of the molecule is NNC(Cc1cccc(Cl)c1Cl)C1COCCO1. The molecule has 1 aliphatic heterocycles. The summed E-state index contributed by atoms with van der Waals surface area (Å²) in [6, 6.07) is 5.51. The number of nitrogens with one attached hydrogen (secondary N) is 1. The van der Waals surface area contributed by atoms with E-state index in [-0.39, 0.29) is 12.1 Å². The zero-order valence-electron chi connectivity index (χ0n) is 9.86. The van der Waals surface area contributed by atoms with Gasteiger partial charge in [-0.2, -0.15) is 0 Å². The second kappa shape index (κ2) is 6.70. The highest BCUT2D eigenvalue weighted by Gasteiger charge is 2.25. The van der Waals surface area contributed by atoms with Crippen LogP contribution in [-0.4, -0.2) is 32.0 Å². The summed E-state index contributed by atoms with van der Waals surface area (Å²) in [5.74, 6) is 5.58. The highest BCUT2D eigenvalue weighted by molar-refractivity contribution is 6.42. The van der Waals surface area contributed by atoms with Crippen molar-refractivity contribution in [3.05, 3.63) is 33.8 Å². The Hall–Kier alpha value is -0.360. The van der Waals surface area contributed by atoms with E-state index in [2.05, 4.69) is 5.43 Å². The quantitative estimate of drug-likeness (QED) is 0.656. The lowest BCUT2D eigenvalue weighted by Gasteiger charge is -2.30. The van der Waals surface area contributed by atoms with Gasteiger partial charge in [0.05, 0.1) is 42.0 Å². The van der Waals surface area contributed by atoms with Crippen LogP contribution in [0.2, 0.25) is 10.0 Å². The van der Waals surface area contributed by atoms with Crippen LogP contribution in [0.1, 0.15) is 5.56 Å². The molecule has 1 aromatic rings. The molecule has 1 heterocycles. The number of hydrogen-bond donors (Lipinski definition) is 2. The van der Waals surface area contributed by atoms with Crippen molar-refractivity contribution in [3.63, 3.8) is 0 Å². The van der Waals surface area contributed by atoms with Crippen LogP contribution >= 0.6 is 23.2 Å². The van der Waals surface area contributed by atoms with Gasteiger partial charge in [0.25, 0.3) is 0 Å². The number of halogens is 2. The molecule has 4 nitrogen and oxygen atoms in total. The third-order valence-electron chi connectivity index (χ3n) is 2.98. The summed E-state index contributed by atoms with van der Waals surface area (Å²) in [5.41, 5.74) is 3.71. The lowest BCUT2D eigenvalue weighted by atomic mass is 10.0. The molecule has 6 heteroatoms. The van der Waals surface area contributed by atoms with Crippen molar-refractivity contribution in [1.82, 2.24) is 5.43 Å². The third kappa shape index (κ3) is 3.35. The highest BCUT2D eigenvalue weighted by Crippen LogP contribution is 2.27. The molecule has 3 N–H and O–H groups in total. The van der Waals surface area contributed by atoms with E-state index in [1.165, 1.54) is 0 Å². The molecule has 1 saturated heterocycles. The van der Waals surface area contributed by atoms with Gasteiger partial charge in [0.15, 0.2) is 0 Å². The summed E-state index contributed by atoms with van der Waals surface area (Å²) < 4.78 is 11.0. The Morgan fingerprint density at radius 1 is 1.39 bits per heavy atom. The minimum Gasteiger partial charge on any atom is -0.376 e. The van der Waals surface area contributed by atoms with E-state index in [0.717, 1.165) is 5.56 Å². The van der Waals surface area contributed by atoms with Crippen LogP contribution in [0.25, 0.3) is 0 Å².